The molecule has 0 aliphatic rings. The Kier molecular flexibility index (Phi) is 4.36. The molecule has 0 aliphatic heterocycles. The number of hydrogen-bond acceptors (Lipinski definition) is 4. The largest absolute Gasteiger partial charge is 0.480 e. The van der Waals surface area contributed by atoms with E-state index in [-0.39, 0.29) is 0 Å². The molecule has 7 nitrogen and oxygen atoms in total. The van der Waals surface area contributed by atoms with Gasteiger partial charge in [-0.1, -0.05) is 0 Å². The van der Waals surface area contributed by atoms with Crippen molar-refractivity contribution in [3.63, 3.8) is 0 Å². The van der Waals surface area contributed by atoms with Crippen LogP contribution in [-0.4, -0.2) is 50.4 Å². The number of carboxylic acids is 1. The quantitative estimate of drug-likeness (QED) is 0.313. The van der Waals surface area contributed by atoms with Crippen LogP contribution in [0.1, 0.15) is 0 Å². The fraction of sp³-hybridized carbons (Fsp3) is 0.750. The van der Waals surface area contributed by atoms with E-state index in [0.717, 1.165) is 4.90 Å². The summed E-state index contributed by atoms with van der Waals surface area (Å²) in [4.78, 5) is 27.6. The first kappa shape index (κ1) is 11.5. The molecule has 0 saturated heterocycles. The second-order valence-electron chi connectivity index (χ2n) is 2.17. The molecule has 0 aromatic heterocycles. The van der Waals surface area contributed by atoms with E-state index in [2.05, 4.69) is 0 Å². The van der Waals surface area contributed by atoms with Crippen molar-refractivity contribution < 1.29 is 29.4 Å². The van der Waals surface area contributed by atoms with Gasteiger partial charge < -0.3 is 20.0 Å². The van der Waals surface area contributed by atoms with Gasteiger partial charge in [0, 0.05) is 0 Å². The second kappa shape index (κ2) is 4.54. The Morgan fingerprint density at radius 2 is 1.92 bits per heavy atom. The molecule has 0 heterocycles. The smallest absolute Gasteiger partial charge is 0.339 e. The summed E-state index contributed by atoms with van der Waals surface area (Å²) >= 11 is 0. The third-order valence-electron chi connectivity index (χ3n) is 0.943. The topological polar surface area (TPSA) is 118 Å². The van der Waals surface area contributed by atoms with Crippen LogP contribution in [0.4, 0.5) is 0 Å². The van der Waals surface area contributed by atoms with Crippen LogP contribution in [0, 0.1) is 0 Å². The molecule has 0 rings (SSSR count). The summed E-state index contributed by atoms with van der Waals surface area (Å²) in [6, 6.07) is 0. The highest BCUT2D eigenvalue weighted by Crippen LogP contribution is 2.34. The third kappa shape index (κ3) is 6.26. The molecule has 4 N–H and O–H groups in total. The minimum Gasteiger partial charge on any atom is -0.480 e. The molecule has 0 spiro atoms. The maximum atomic E-state index is 10.3. The number of nitrogens with zero attached hydrogens (tertiary/aromatic N) is 1. The number of carbonyl (C=O) groups is 1. The van der Waals surface area contributed by atoms with Gasteiger partial charge in [-0.3, -0.25) is 14.3 Å². The zero-order chi connectivity index (χ0) is 9.78. The van der Waals surface area contributed by atoms with Crippen LogP contribution < -0.4 is 0 Å². The number of aliphatic carboxylic acids is 1. The highest BCUT2D eigenvalue weighted by Gasteiger charge is 2.19. The predicted molar refractivity (Wildman–Crippen MR) is 38.3 cm³/mol. The van der Waals surface area contributed by atoms with Crippen molar-refractivity contribution in [3.05, 3.63) is 0 Å². The van der Waals surface area contributed by atoms with Crippen molar-refractivity contribution in [3.8, 4) is 0 Å². The molecule has 8 heteroatoms. The van der Waals surface area contributed by atoms with Crippen molar-refractivity contribution in [2.75, 3.05) is 19.6 Å². The van der Waals surface area contributed by atoms with E-state index in [4.69, 9.17) is 20.0 Å². The van der Waals surface area contributed by atoms with Crippen LogP contribution in [0.5, 0.6) is 0 Å². The lowest BCUT2D eigenvalue weighted by atomic mass is 10.6. The first-order valence-electron chi connectivity index (χ1n) is 2.94. The van der Waals surface area contributed by atoms with Gasteiger partial charge in [0.25, 0.3) is 0 Å². The van der Waals surface area contributed by atoms with E-state index >= 15 is 0 Å². The molecular formula is C4H10NO6P. The summed E-state index contributed by atoms with van der Waals surface area (Å²) in [7, 11) is -4.29. The van der Waals surface area contributed by atoms with Crippen molar-refractivity contribution in [1.82, 2.24) is 4.90 Å². The molecule has 0 saturated carbocycles. The summed E-state index contributed by atoms with van der Waals surface area (Å²) < 4.78 is 10.3. The van der Waals surface area contributed by atoms with Crippen molar-refractivity contribution in [2.45, 2.75) is 0 Å². The average molecular weight is 199 g/mol. The molecule has 0 amide bonds. The molecule has 0 bridgehead atoms. The van der Waals surface area contributed by atoms with Crippen LogP contribution in [0.25, 0.3) is 0 Å². The van der Waals surface area contributed by atoms with E-state index in [1.807, 2.05) is 0 Å². The van der Waals surface area contributed by atoms with Gasteiger partial charge in [0.2, 0.25) is 0 Å². The average Bonchev–Trinajstić information content (AvgIpc) is 1.82. The van der Waals surface area contributed by atoms with Gasteiger partial charge in [-0.05, 0) is 0 Å². The van der Waals surface area contributed by atoms with Gasteiger partial charge in [0.15, 0.2) is 0 Å². The SMILES string of the molecule is O=C(O)CN(CO)CP(=O)(O)O. The maximum Gasteiger partial charge on any atom is 0.339 e. The van der Waals surface area contributed by atoms with Crippen LogP contribution in [-0.2, 0) is 9.36 Å². The Morgan fingerprint density at radius 1 is 1.42 bits per heavy atom. The highest BCUT2D eigenvalue weighted by molar-refractivity contribution is 7.51. The van der Waals surface area contributed by atoms with E-state index in [1.54, 1.807) is 0 Å². The van der Waals surface area contributed by atoms with E-state index in [0.29, 0.717) is 0 Å². The summed E-state index contributed by atoms with van der Waals surface area (Å²) in [5, 5.41) is 16.7. The summed E-state index contributed by atoms with van der Waals surface area (Å²) in [5.41, 5.74) is 0. The molecule has 0 unspecified atom stereocenters. The molecule has 0 aromatic rings. The first-order chi connectivity index (χ1) is 5.35. The Balaban J connectivity index is 4.00. The maximum absolute atomic E-state index is 10.3. The summed E-state index contributed by atoms with van der Waals surface area (Å²) in [6.07, 6.45) is -0.754. The molecule has 0 atom stereocenters. The molecule has 0 fully saturated rings. The third-order valence-corrected chi connectivity index (χ3v) is 1.71. The van der Waals surface area contributed by atoms with Crippen molar-refractivity contribution >= 4 is 13.6 Å². The zero-order valence-corrected chi connectivity index (χ0v) is 7.02. The number of aliphatic hydroxyl groups excluding tert-OH is 1. The van der Waals surface area contributed by atoms with Gasteiger partial charge in [0.05, 0.1) is 13.3 Å². The number of carboxylic acid groups (broad SMARTS) is 1. The van der Waals surface area contributed by atoms with Crippen molar-refractivity contribution in [2.24, 2.45) is 0 Å². The minimum atomic E-state index is -4.29. The lowest BCUT2D eigenvalue weighted by molar-refractivity contribution is -0.139. The van der Waals surface area contributed by atoms with Gasteiger partial charge in [-0.2, -0.15) is 0 Å². The number of rotatable bonds is 5. The van der Waals surface area contributed by atoms with E-state index in [9.17, 15) is 9.36 Å². The van der Waals surface area contributed by atoms with Crippen LogP contribution in [0.3, 0.4) is 0 Å². The first-order valence-corrected chi connectivity index (χ1v) is 4.74. The standard InChI is InChI=1S/C4H10NO6P/c6-2-5(1-4(7)8)3-12(9,10)11/h6H,1-3H2,(H,7,8)(H2,9,10,11). The van der Waals surface area contributed by atoms with Gasteiger partial charge in [-0.25, -0.2) is 0 Å². The Morgan fingerprint density at radius 3 is 2.17 bits per heavy atom. The highest BCUT2D eigenvalue weighted by atomic mass is 31.2. The van der Waals surface area contributed by atoms with Gasteiger partial charge in [-0.15, -0.1) is 0 Å². The normalized spacial score (nSPS) is 12.0. The molecular weight excluding hydrogens is 189 g/mol. The summed E-state index contributed by atoms with van der Waals surface area (Å²) in [5.74, 6) is -1.25. The van der Waals surface area contributed by atoms with E-state index < -0.39 is 33.1 Å². The second-order valence-corrected chi connectivity index (χ2v) is 3.78. The Bertz CT molecular complexity index is 200. The van der Waals surface area contributed by atoms with Crippen LogP contribution in [0.15, 0.2) is 0 Å². The Hall–Kier alpha value is -0.460. The lowest BCUT2D eigenvalue weighted by Crippen LogP contribution is -2.31. The lowest BCUT2D eigenvalue weighted by Gasteiger charge is -2.16. The zero-order valence-electron chi connectivity index (χ0n) is 6.12. The predicted octanol–water partition coefficient (Wildman–Crippen LogP) is -1.54. The number of hydrogen-bond donors (Lipinski definition) is 4. The number of aliphatic hydroxyl groups is 1. The molecule has 0 radical (unpaired) electrons. The fourth-order valence-corrected chi connectivity index (χ4v) is 1.31. The minimum absolute atomic E-state index is 0.596. The van der Waals surface area contributed by atoms with Gasteiger partial charge in [0.1, 0.15) is 6.29 Å². The van der Waals surface area contributed by atoms with Crippen molar-refractivity contribution in [1.29, 1.82) is 0 Å². The monoisotopic (exact) mass is 199 g/mol. The van der Waals surface area contributed by atoms with Gasteiger partial charge >= 0.3 is 13.6 Å². The molecule has 0 aromatic carbocycles. The Labute approximate surface area is 68.4 Å². The van der Waals surface area contributed by atoms with E-state index in [1.165, 1.54) is 0 Å². The molecule has 0 aliphatic carbocycles. The van der Waals surface area contributed by atoms with Crippen LogP contribution in [0.2, 0.25) is 0 Å². The van der Waals surface area contributed by atoms with Crippen LogP contribution >= 0.6 is 7.60 Å². The molecule has 12 heavy (non-hydrogen) atoms. The summed E-state index contributed by atoms with van der Waals surface area (Å²) in [6.45, 7) is -1.29. The fourth-order valence-electron chi connectivity index (χ4n) is 0.597. The molecule has 72 valence electrons.